The van der Waals surface area contributed by atoms with Crippen LogP contribution in [0.1, 0.15) is 86.5 Å². The molecule has 1 atom stereocenters. The summed E-state index contributed by atoms with van der Waals surface area (Å²) < 4.78 is 6.05. The second-order valence-electron chi connectivity index (χ2n) is 9.28. The van der Waals surface area contributed by atoms with E-state index in [0.29, 0.717) is 0 Å². The van der Waals surface area contributed by atoms with Gasteiger partial charge < -0.3 is 4.74 Å². The molecule has 0 aromatic rings. The zero-order chi connectivity index (χ0) is 15.2. The van der Waals surface area contributed by atoms with Crippen LogP contribution < -0.4 is 0 Å². The molecular weight excluding hydrogens is 248 g/mol. The zero-order valence-electron chi connectivity index (χ0n) is 14.3. The van der Waals surface area contributed by atoms with Gasteiger partial charge in [0.2, 0.25) is 0 Å². The molecule has 0 aliphatic heterocycles. The second-order valence-corrected chi connectivity index (χ2v) is 9.28. The maximum absolute atomic E-state index is 12.9. The normalized spacial score (nSPS) is 31.7. The van der Waals surface area contributed by atoms with Crippen LogP contribution in [0, 0.1) is 16.2 Å². The molecule has 20 heavy (non-hydrogen) atoms. The van der Waals surface area contributed by atoms with Crippen molar-refractivity contribution in [3.05, 3.63) is 0 Å². The summed E-state index contributed by atoms with van der Waals surface area (Å²) in [5, 5.41) is 0. The fourth-order valence-electron chi connectivity index (χ4n) is 4.06. The Kier molecular flexibility index (Phi) is 3.76. The number of hydrogen-bond acceptors (Lipinski definition) is 2. The first-order valence-corrected chi connectivity index (χ1v) is 8.23. The fourth-order valence-corrected chi connectivity index (χ4v) is 4.06. The predicted molar refractivity (Wildman–Crippen MR) is 82.5 cm³/mol. The third-order valence-electron chi connectivity index (χ3n) is 5.39. The maximum Gasteiger partial charge on any atom is 0.313 e. The Hall–Kier alpha value is -0.530. The van der Waals surface area contributed by atoms with Crippen molar-refractivity contribution in [3.63, 3.8) is 0 Å². The van der Waals surface area contributed by atoms with E-state index in [2.05, 4.69) is 41.5 Å². The lowest BCUT2D eigenvalue weighted by molar-refractivity contribution is -0.171. The van der Waals surface area contributed by atoms with E-state index in [1.807, 2.05) is 0 Å². The first-order valence-electron chi connectivity index (χ1n) is 8.23. The molecule has 2 nitrogen and oxygen atoms in total. The van der Waals surface area contributed by atoms with Crippen LogP contribution in [0.15, 0.2) is 0 Å². The van der Waals surface area contributed by atoms with Gasteiger partial charge in [-0.1, -0.05) is 41.0 Å². The average molecular weight is 280 g/mol. The van der Waals surface area contributed by atoms with Crippen LogP contribution in [0.4, 0.5) is 0 Å². The molecule has 2 saturated carbocycles. The van der Waals surface area contributed by atoms with E-state index < -0.39 is 0 Å². The van der Waals surface area contributed by atoms with Gasteiger partial charge in [0.05, 0.1) is 5.41 Å². The molecule has 0 radical (unpaired) electrons. The minimum absolute atomic E-state index is 0.0711. The van der Waals surface area contributed by atoms with Crippen molar-refractivity contribution in [2.45, 2.75) is 92.1 Å². The van der Waals surface area contributed by atoms with Crippen molar-refractivity contribution >= 4 is 5.97 Å². The quantitative estimate of drug-likeness (QED) is 0.672. The molecule has 0 amide bonds. The van der Waals surface area contributed by atoms with Crippen LogP contribution in [0.5, 0.6) is 0 Å². The van der Waals surface area contributed by atoms with Gasteiger partial charge in [0, 0.05) is 0 Å². The summed E-state index contributed by atoms with van der Waals surface area (Å²) in [7, 11) is 0. The summed E-state index contributed by atoms with van der Waals surface area (Å²) in [6, 6.07) is 0. The smallest absolute Gasteiger partial charge is 0.313 e. The highest BCUT2D eigenvalue weighted by Crippen LogP contribution is 2.68. The Morgan fingerprint density at radius 3 is 1.95 bits per heavy atom. The highest BCUT2D eigenvalue weighted by atomic mass is 16.6. The maximum atomic E-state index is 12.9. The zero-order valence-corrected chi connectivity index (χ0v) is 14.3. The molecule has 0 heterocycles. The SMILES string of the molecule is CC(C)(C)CC1(C(=O)OC2(C)CCCCC2)CC1(C)C. The Bertz CT molecular complexity index is 383. The van der Waals surface area contributed by atoms with Crippen LogP contribution in [0.25, 0.3) is 0 Å². The molecule has 2 aliphatic rings. The Labute approximate surface area is 124 Å². The van der Waals surface area contributed by atoms with E-state index in [1.54, 1.807) is 0 Å². The Morgan fingerprint density at radius 2 is 1.55 bits per heavy atom. The van der Waals surface area contributed by atoms with E-state index >= 15 is 0 Å². The summed E-state index contributed by atoms with van der Waals surface area (Å²) in [5.74, 6) is 0.0711. The monoisotopic (exact) mass is 280 g/mol. The third-order valence-corrected chi connectivity index (χ3v) is 5.39. The van der Waals surface area contributed by atoms with Gasteiger partial charge in [-0.3, -0.25) is 4.79 Å². The molecule has 2 fully saturated rings. The molecule has 2 rings (SSSR count). The van der Waals surface area contributed by atoms with Gasteiger partial charge in [0.25, 0.3) is 0 Å². The van der Waals surface area contributed by atoms with E-state index in [-0.39, 0.29) is 27.8 Å². The Morgan fingerprint density at radius 1 is 1.05 bits per heavy atom. The minimum atomic E-state index is -0.244. The van der Waals surface area contributed by atoms with Crippen molar-refractivity contribution in [1.29, 1.82) is 0 Å². The molecule has 0 N–H and O–H groups in total. The van der Waals surface area contributed by atoms with Crippen molar-refractivity contribution in [2.75, 3.05) is 0 Å². The van der Waals surface area contributed by atoms with Crippen molar-refractivity contribution in [3.8, 4) is 0 Å². The van der Waals surface area contributed by atoms with E-state index in [1.165, 1.54) is 19.3 Å². The van der Waals surface area contributed by atoms with Crippen molar-refractivity contribution in [2.24, 2.45) is 16.2 Å². The van der Waals surface area contributed by atoms with Gasteiger partial charge in [-0.25, -0.2) is 0 Å². The van der Waals surface area contributed by atoms with Gasteiger partial charge in [0.15, 0.2) is 0 Å². The first-order chi connectivity index (χ1) is 9.00. The largest absolute Gasteiger partial charge is 0.459 e. The predicted octanol–water partition coefficient (Wildman–Crippen LogP) is 5.10. The van der Waals surface area contributed by atoms with Gasteiger partial charge in [-0.05, 0) is 56.3 Å². The molecule has 0 bridgehead atoms. The number of carbonyl (C=O) groups excluding carboxylic acids is 1. The van der Waals surface area contributed by atoms with Crippen molar-refractivity contribution in [1.82, 2.24) is 0 Å². The molecule has 0 aromatic heterocycles. The van der Waals surface area contributed by atoms with Gasteiger partial charge in [-0.2, -0.15) is 0 Å². The summed E-state index contributed by atoms with van der Waals surface area (Å²) in [5.41, 5.74) is -0.187. The molecule has 2 aliphatic carbocycles. The Balaban J connectivity index is 2.09. The highest BCUT2D eigenvalue weighted by Gasteiger charge is 2.68. The van der Waals surface area contributed by atoms with Gasteiger partial charge in [0.1, 0.15) is 5.60 Å². The molecule has 116 valence electrons. The average Bonchev–Trinajstić information content (AvgIpc) is 2.79. The van der Waals surface area contributed by atoms with Crippen LogP contribution >= 0.6 is 0 Å². The van der Waals surface area contributed by atoms with Crippen LogP contribution in [-0.4, -0.2) is 11.6 Å². The third kappa shape index (κ3) is 3.04. The summed E-state index contributed by atoms with van der Waals surface area (Å²) in [6.45, 7) is 13.2. The van der Waals surface area contributed by atoms with E-state index in [9.17, 15) is 4.79 Å². The molecule has 2 heteroatoms. The molecule has 0 saturated heterocycles. The standard InChI is InChI=1S/C18H32O2/c1-15(2,3)12-18(13-16(18,4)5)14(19)20-17(6)10-8-7-9-11-17/h7-13H2,1-6H3. The summed E-state index contributed by atoms with van der Waals surface area (Å²) >= 11 is 0. The fraction of sp³-hybridized carbons (Fsp3) is 0.944. The van der Waals surface area contributed by atoms with Crippen LogP contribution in [-0.2, 0) is 9.53 Å². The topological polar surface area (TPSA) is 26.3 Å². The number of esters is 1. The lowest BCUT2D eigenvalue weighted by Crippen LogP contribution is -2.39. The second kappa shape index (κ2) is 4.74. The molecular formula is C18H32O2. The summed E-state index contributed by atoms with van der Waals surface area (Å²) in [4.78, 5) is 12.9. The van der Waals surface area contributed by atoms with Crippen LogP contribution in [0.2, 0.25) is 0 Å². The van der Waals surface area contributed by atoms with Crippen LogP contribution in [0.3, 0.4) is 0 Å². The number of rotatable bonds is 3. The first kappa shape index (κ1) is 15.9. The lowest BCUT2D eigenvalue weighted by Gasteiger charge is -2.36. The minimum Gasteiger partial charge on any atom is -0.459 e. The van der Waals surface area contributed by atoms with Gasteiger partial charge >= 0.3 is 5.97 Å². The molecule has 1 unspecified atom stereocenters. The summed E-state index contributed by atoms with van der Waals surface area (Å²) in [6.07, 6.45) is 7.65. The number of ether oxygens (including phenoxy) is 1. The number of hydrogen-bond donors (Lipinski definition) is 0. The van der Waals surface area contributed by atoms with E-state index in [4.69, 9.17) is 4.74 Å². The molecule has 0 spiro atoms. The van der Waals surface area contributed by atoms with Crippen molar-refractivity contribution < 1.29 is 9.53 Å². The number of carbonyl (C=O) groups is 1. The molecule has 0 aromatic carbocycles. The lowest BCUT2D eigenvalue weighted by atomic mass is 9.78. The highest BCUT2D eigenvalue weighted by molar-refractivity contribution is 5.82. The van der Waals surface area contributed by atoms with Gasteiger partial charge in [-0.15, -0.1) is 0 Å². The van der Waals surface area contributed by atoms with E-state index in [0.717, 1.165) is 25.7 Å².